The van der Waals surface area contributed by atoms with E-state index in [1.165, 1.54) is 62.3 Å². The zero-order valence-corrected chi connectivity index (χ0v) is 61.6. The van der Waals surface area contributed by atoms with Crippen LogP contribution in [0.5, 0.6) is 0 Å². The van der Waals surface area contributed by atoms with Gasteiger partial charge in [-0.1, -0.05) is 220 Å². The summed E-state index contributed by atoms with van der Waals surface area (Å²) in [7, 11) is 2.46. The summed E-state index contributed by atoms with van der Waals surface area (Å²) in [5, 5.41) is 58.1. The Morgan fingerprint density at radius 3 is 1.28 bits per heavy atom. The molecule has 105 heavy (non-hydrogen) atoms. The molecule has 4 N–H and O–H groups in total. The summed E-state index contributed by atoms with van der Waals surface area (Å²) in [6.45, 7) is 0. The second kappa shape index (κ2) is 40.3. The molecular formula is C77H69Cl2N6O16P3S. The Kier molecular flexibility index (Phi) is 30.7. The van der Waals surface area contributed by atoms with Crippen LogP contribution < -0.4 is 58.4 Å². The van der Waals surface area contributed by atoms with Crippen molar-refractivity contribution in [2.45, 2.75) is 43.0 Å². The van der Waals surface area contributed by atoms with Gasteiger partial charge in [-0.05, 0) is 96.9 Å². The number of carboxylic acids is 1. The van der Waals surface area contributed by atoms with Gasteiger partial charge in [-0.3, -0.25) is 35.1 Å². The van der Waals surface area contributed by atoms with Crippen LogP contribution in [0.25, 0.3) is 0 Å². The van der Waals surface area contributed by atoms with Crippen LogP contribution in [-0.2, 0) is 19.0 Å². The molecule has 0 aliphatic carbocycles. The first kappa shape index (κ1) is 79.9. The maximum Gasteiger partial charge on any atom is 0.339 e. The monoisotopic (exact) mass is 1530 g/mol. The van der Waals surface area contributed by atoms with E-state index in [2.05, 4.69) is 106 Å². The minimum Gasteiger partial charge on any atom is -0.478 e. The largest absolute Gasteiger partial charge is 0.478 e. The third-order valence-corrected chi connectivity index (χ3v) is 24.0. The van der Waals surface area contributed by atoms with Gasteiger partial charge in [0.15, 0.2) is 0 Å². The molecule has 2 heterocycles. The molecule has 2 saturated heterocycles. The lowest BCUT2D eigenvalue weighted by atomic mass is 10.0. The molecule has 0 spiro atoms. The number of thioether (sulfide) groups is 1. The smallest absolute Gasteiger partial charge is 0.339 e. The van der Waals surface area contributed by atoms with Crippen molar-refractivity contribution in [3.63, 3.8) is 0 Å². The number of methoxy groups -OCH3 is 3. The third kappa shape index (κ3) is 23.1. The van der Waals surface area contributed by atoms with E-state index in [0.29, 0.717) is 33.8 Å². The summed E-state index contributed by atoms with van der Waals surface area (Å²) < 4.78 is 14.4. The van der Waals surface area contributed by atoms with E-state index in [-0.39, 0.29) is 62.3 Å². The molecule has 10 aromatic carbocycles. The van der Waals surface area contributed by atoms with Crippen LogP contribution >= 0.6 is 59.4 Å². The van der Waals surface area contributed by atoms with Gasteiger partial charge in [-0.15, -0.1) is 0 Å². The first-order valence-corrected chi connectivity index (χ1v) is 37.6. The van der Waals surface area contributed by atoms with E-state index < -0.39 is 54.5 Å². The Hall–Kier alpha value is -10.8. The minimum atomic E-state index is -1.21. The number of halogens is 2. The lowest BCUT2D eigenvalue weighted by molar-refractivity contribution is -0.385. The third-order valence-electron chi connectivity index (χ3n) is 15.7. The number of carboxylic acid groups (broad SMARTS) is 1. The number of anilines is 1. The number of nitro groups is 3. The van der Waals surface area contributed by atoms with E-state index in [1.54, 1.807) is 12.1 Å². The van der Waals surface area contributed by atoms with Gasteiger partial charge < -0.3 is 35.3 Å². The Labute approximate surface area is 623 Å². The number of benzene rings is 10. The van der Waals surface area contributed by atoms with Crippen LogP contribution in [-0.4, -0.2) is 100 Å². The van der Waals surface area contributed by atoms with Crippen LogP contribution in [0, 0.1) is 30.3 Å². The number of amides is 3. The maximum atomic E-state index is 12.9. The molecule has 0 aromatic heterocycles. The number of non-ortho nitro benzene ring substituents is 3. The number of nitro benzene ring substituents is 3. The van der Waals surface area contributed by atoms with Crippen molar-refractivity contribution < 1.29 is 62.9 Å². The second-order valence-electron chi connectivity index (χ2n) is 22.6. The van der Waals surface area contributed by atoms with Gasteiger partial charge in [0.25, 0.3) is 17.1 Å². The summed E-state index contributed by atoms with van der Waals surface area (Å²) in [6.07, 6.45) is 3.08. The Morgan fingerprint density at radius 2 is 0.876 bits per heavy atom. The summed E-state index contributed by atoms with van der Waals surface area (Å²) in [4.78, 5) is 101. The van der Waals surface area contributed by atoms with Crippen LogP contribution in [0.4, 0.5) is 27.5 Å². The molecule has 0 saturated carbocycles. The predicted octanol–water partition coefficient (Wildman–Crippen LogP) is 13.3. The fourth-order valence-corrected chi connectivity index (χ4v) is 18.8. The average molecular weight is 1530 g/mol. The molecule has 28 heteroatoms. The molecule has 538 valence electrons. The predicted molar refractivity (Wildman–Crippen MR) is 417 cm³/mol. The molecule has 0 radical (unpaired) electrons. The van der Waals surface area contributed by atoms with Crippen molar-refractivity contribution in [1.82, 2.24) is 10.6 Å². The van der Waals surface area contributed by atoms with Gasteiger partial charge in [0, 0.05) is 70.1 Å². The number of carbonyl (C=O) groups excluding carboxylic acids is 5. The van der Waals surface area contributed by atoms with E-state index >= 15 is 0 Å². The summed E-state index contributed by atoms with van der Waals surface area (Å²) in [5.74, 6) is -1.85. The molecule has 2 aliphatic heterocycles. The van der Waals surface area contributed by atoms with Crippen molar-refractivity contribution in [2.24, 2.45) is 0 Å². The number of rotatable bonds is 21. The topological polar surface area (TPSA) is 316 Å². The molecule has 3 amide bonds. The van der Waals surface area contributed by atoms with Crippen molar-refractivity contribution in [3.05, 3.63) is 317 Å². The zero-order chi connectivity index (χ0) is 75.4. The van der Waals surface area contributed by atoms with Crippen LogP contribution in [0.1, 0.15) is 67.1 Å². The summed E-state index contributed by atoms with van der Waals surface area (Å²) in [5.41, 5.74) is 1.03. The first-order chi connectivity index (χ1) is 50.7. The molecular weight excluding hydrogens is 1460 g/mol. The first-order valence-electron chi connectivity index (χ1n) is 32.1. The van der Waals surface area contributed by atoms with E-state index in [4.69, 9.17) is 37.8 Å². The number of unbranched alkanes of at least 4 members (excludes halogenated alkanes) is 1. The molecule has 12 rings (SSSR count). The highest BCUT2D eigenvalue weighted by molar-refractivity contribution is 8.00. The number of carbonyl (C=O) groups is 6. The fourth-order valence-electron chi connectivity index (χ4n) is 10.7. The van der Waals surface area contributed by atoms with Crippen molar-refractivity contribution in [3.8, 4) is 0 Å². The van der Waals surface area contributed by atoms with E-state index in [9.17, 15) is 59.1 Å². The quantitative estimate of drug-likeness (QED) is 0.00988. The fraction of sp³-hybridized carbons (Fsp3) is 0.143. The number of aromatic carboxylic acids is 1. The Bertz CT molecular complexity index is 4550. The van der Waals surface area contributed by atoms with E-state index in [1.807, 2.05) is 115 Å². The van der Waals surface area contributed by atoms with Gasteiger partial charge in [0.2, 0.25) is 5.91 Å². The van der Waals surface area contributed by atoms with Crippen molar-refractivity contribution in [2.75, 3.05) is 32.4 Å². The van der Waals surface area contributed by atoms with Crippen molar-refractivity contribution >= 4 is 160 Å². The number of hydrogen-bond donors (Lipinski definition) is 4. The van der Waals surface area contributed by atoms with Gasteiger partial charge in [0.05, 0.1) is 80.5 Å². The summed E-state index contributed by atoms with van der Waals surface area (Å²) in [6, 6.07) is 77.6. The lowest BCUT2D eigenvalue weighted by Gasteiger charge is -2.22. The number of ether oxygens (including phenoxy) is 3. The highest BCUT2D eigenvalue weighted by Gasteiger charge is 2.42. The minimum absolute atomic E-state index is 0.00560. The molecule has 0 bridgehead atoms. The number of fused-ring (bicyclic) bond motifs is 1. The number of urea groups is 1. The molecule has 22 nitrogen and oxygen atoms in total. The van der Waals surface area contributed by atoms with Crippen LogP contribution in [0.15, 0.2) is 255 Å². The molecule has 2 aliphatic rings. The summed E-state index contributed by atoms with van der Waals surface area (Å²) >= 11 is 13.0. The SMILES string of the molecule is COC(=O)c1ccc(NC(=O)CCCC[C@H]2SCC3NC(=O)NC32)cc1P(c1ccccc1)c1ccccc1.COC(=O)c1ccc([N+](=O)[O-])cc1Cl.COC(=O)c1ccc([N+](=O)[O-])cc1P(c1ccccc1)c1ccccc1.O=C(O)c1ccc([N+](=O)[O-])cc1Cl.c1ccc(Pc2ccccc2)cc1. The second-order valence-corrected chi connectivity index (χ2v) is 30.5. The molecule has 2 unspecified atom stereocenters. The number of nitrogens with one attached hydrogen (secondary N) is 3. The molecule has 2 fully saturated rings. The zero-order valence-electron chi connectivity index (χ0n) is 56.5. The van der Waals surface area contributed by atoms with Gasteiger partial charge in [-0.25, -0.2) is 24.0 Å². The Balaban J connectivity index is 0.000000181. The van der Waals surface area contributed by atoms with Crippen molar-refractivity contribution in [1.29, 1.82) is 0 Å². The molecule has 3 atom stereocenters. The maximum absolute atomic E-state index is 12.9. The van der Waals surface area contributed by atoms with Crippen LogP contribution in [0.3, 0.4) is 0 Å². The van der Waals surface area contributed by atoms with Crippen LogP contribution in [0.2, 0.25) is 10.0 Å². The number of nitrogens with zero attached hydrogens (tertiary/aromatic N) is 3. The van der Waals surface area contributed by atoms with E-state index in [0.717, 1.165) is 84.4 Å². The molecule has 10 aromatic rings. The normalized spacial score (nSPS) is 13.6. The highest BCUT2D eigenvalue weighted by atomic mass is 35.5. The van der Waals surface area contributed by atoms with Gasteiger partial charge >= 0.3 is 29.9 Å². The average Bonchev–Trinajstić information content (AvgIpc) is 1.68. The lowest BCUT2D eigenvalue weighted by Crippen LogP contribution is -2.36. The highest BCUT2D eigenvalue weighted by Crippen LogP contribution is 2.38. The Morgan fingerprint density at radius 1 is 0.505 bits per heavy atom. The number of esters is 3. The van der Waals surface area contributed by atoms with Gasteiger partial charge in [0.1, 0.15) is 0 Å². The number of hydrogen-bond acceptors (Lipinski definition) is 16. The van der Waals surface area contributed by atoms with Gasteiger partial charge in [-0.2, -0.15) is 11.8 Å². The standard InChI is InChI=1S/C30H32N3O4PS.C20H16NO4P.C12H11P.C8H6ClNO4.C7H4ClNO4/c1-37-29(35)23-17-16-20(18-25(23)38(21-10-4-2-5-11-21)22-12-6-3-7-13-22)31-27(34)15-9-8-14-26-28-24(19-39-26)32-30(36)33-28;1-25-20(22)18-13-12-15(21(23)24)14-19(18)26(16-8-4-2-5-9-16)17-10-6-3-7-11-17;1-3-7-11(8-4-1)13-12-9-5-2-6-10-12;1-14-8(11)6-3-2-5(10(12)13)4-7(6)9;8-6-3-4(9(12)13)1-2-5(6)7(10)11/h2-7,10-13,16-18,24,26,28H,8-9,14-15,19H2,1H3,(H,31,34)(H2,32,33,36);2-14H,1H3;1-10,13H;2-4H,1H3;1-3H,(H,10,11)/t24?,26-,28?;;;;/m1..../s1.